The maximum Gasteiger partial charge on any atom is 0.463 e. The summed E-state index contributed by atoms with van der Waals surface area (Å²) in [7, 11) is 1.48. The van der Waals surface area contributed by atoms with Crippen LogP contribution in [0.2, 0.25) is 5.31 Å². The largest absolute Gasteiger partial charge is 0.497 e. The van der Waals surface area contributed by atoms with Crippen LogP contribution in [0.1, 0.15) is 46.3 Å². The van der Waals surface area contributed by atoms with Crippen molar-refractivity contribution in [3.8, 4) is 5.75 Å². The van der Waals surface area contributed by atoms with Crippen LogP contribution in [0.25, 0.3) is 0 Å². The van der Waals surface area contributed by atoms with Crippen molar-refractivity contribution in [2.75, 3.05) is 7.11 Å². The van der Waals surface area contributed by atoms with Crippen molar-refractivity contribution in [2.24, 2.45) is 0 Å². The number of rotatable bonds is 2. The van der Waals surface area contributed by atoms with Gasteiger partial charge in [-0.15, -0.1) is 0 Å². The SMILES string of the molecule is COc1ccc(C2OB(C(C)(C)C)OC2(C)C)cc1. The molecule has 0 radical (unpaired) electrons. The van der Waals surface area contributed by atoms with Crippen LogP contribution in [-0.2, 0) is 9.31 Å². The first-order valence-electron chi connectivity index (χ1n) is 6.71. The molecule has 1 aromatic carbocycles. The van der Waals surface area contributed by atoms with E-state index in [2.05, 4.69) is 34.6 Å². The Morgan fingerprint density at radius 2 is 1.74 bits per heavy atom. The van der Waals surface area contributed by atoms with Gasteiger partial charge >= 0.3 is 7.12 Å². The van der Waals surface area contributed by atoms with Crippen LogP contribution >= 0.6 is 0 Å². The normalized spacial score (nSPS) is 22.6. The number of ether oxygens (including phenoxy) is 1. The zero-order valence-corrected chi connectivity index (χ0v) is 12.7. The van der Waals surface area contributed by atoms with Gasteiger partial charge in [0.15, 0.2) is 0 Å². The van der Waals surface area contributed by atoms with Crippen LogP contribution in [0.5, 0.6) is 5.75 Å². The van der Waals surface area contributed by atoms with Gasteiger partial charge in [-0.2, -0.15) is 0 Å². The standard InChI is InChI=1S/C15H23BO3/c1-14(2,3)16-18-13(15(4,5)19-16)11-7-9-12(17-6)10-8-11/h7-10,13H,1-6H3. The molecule has 0 saturated carbocycles. The molecule has 2 rings (SSSR count). The summed E-state index contributed by atoms with van der Waals surface area (Å²) in [5.74, 6) is 0.854. The average molecular weight is 262 g/mol. The molecular formula is C15H23BO3. The molecule has 0 aliphatic carbocycles. The molecule has 1 heterocycles. The number of methoxy groups -OCH3 is 1. The highest BCUT2D eigenvalue weighted by Crippen LogP contribution is 2.45. The van der Waals surface area contributed by atoms with Crippen LogP contribution in [0.3, 0.4) is 0 Å². The molecule has 3 nitrogen and oxygen atoms in total. The fourth-order valence-electron chi connectivity index (χ4n) is 2.29. The van der Waals surface area contributed by atoms with Gasteiger partial charge in [-0.25, -0.2) is 0 Å². The molecule has 104 valence electrons. The van der Waals surface area contributed by atoms with E-state index in [4.69, 9.17) is 14.0 Å². The van der Waals surface area contributed by atoms with Crippen molar-refractivity contribution >= 4 is 7.12 Å². The Hall–Kier alpha value is -0.995. The quantitative estimate of drug-likeness (QED) is 0.757. The van der Waals surface area contributed by atoms with E-state index >= 15 is 0 Å². The summed E-state index contributed by atoms with van der Waals surface area (Å²) in [6, 6.07) is 8.00. The van der Waals surface area contributed by atoms with Crippen LogP contribution in [0, 0.1) is 0 Å². The van der Waals surface area contributed by atoms with Crippen molar-refractivity contribution in [1.29, 1.82) is 0 Å². The van der Waals surface area contributed by atoms with E-state index in [0.717, 1.165) is 11.3 Å². The Morgan fingerprint density at radius 1 is 1.16 bits per heavy atom. The minimum atomic E-state index is -0.327. The fraction of sp³-hybridized carbons (Fsp3) is 0.600. The molecule has 1 aliphatic heterocycles. The minimum absolute atomic E-state index is 0.0293. The summed E-state index contributed by atoms with van der Waals surface area (Å²) in [5.41, 5.74) is 0.796. The lowest BCUT2D eigenvalue weighted by Crippen LogP contribution is -2.31. The number of hydrogen-bond acceptors (Lipinski definition) is 3. The Bertz CT molecular complexity index is 434. The summed E-state index contributed by atoms with van der Waals surface area (Å²) in [4.78, 5) is 0. The maximum absolute atomic E-state index is 6.14. The highest BCUT2D eigenvalue weighted by molar-refractivity contribution is 6.49. The van der Waals surface area contributed by atoms with E-state index in [-0.39, 0.29) is 24.1 Å². The van der Waals surface area contributed by atoms with Crippen molar-refractivity contribution in [3.05, 3.63) is 29.8 Å². The molecule has 0 amide bonds. The van der Waals surface area contributed by atoms with Crippen molar-refractivity contribution in [3.63, 3.8) is 0 Å². The van der Waals surface area contributed by atoms with Gasteiger partial charge in [-0.1, -0.05) is 32.9 Å². The Labute approximate surface area is 116 Å². The predicted molar refractivity (Wildman–Crippen MR) is 77.5 cm³/mol. The third-order valence-corrected chi connectivity index (χ3v) is 3.43. The average Bonchev–Trinajstić information content (AvgIpc) is 2.65. The van der Waals surface area contributed by atoms with Gasteiger partial charge in [-0.05, 0) is 36.9 Å². The first-order valence-corrected chi connectivity index (χ1v) is 6.71. The molecular weight excluding hydrogens is 239 g/mol. The lowest BCUT2D eigenvalue weighted by molar-refractivity contribution is 0.0722. The molecule has 0 aromatic heterocycles. The molecule has 0 N–H and O–H groups in total. The number of benzene rings is 1. The zero-order chi connectivity index (χ0) is 14.3. The number of hydrogen-bond donors (Lipinski definition) is 0. The van der Waals surface area contributed by atoms with Gasteiger partial charge in [-0.3, -0.25) is 0 Å². The third kappa shape index (κ3) is 2.95. The highest BCUT2D eigenvalue weighted by Gasteiger charge is 2.51. The Kier molecular flexibility index (Phi) is 3.67. The van der Waals surface area contributed by atoms with Crippen molar-refractivity contribution in [1.82, 2.24) is 0 Å². The van der Waals surface area contributed by atoms with Crippen molar-refractivity contribution < 1.29 is 14.0 Å². The maximum atomic E-state index is 6.14. The second-order valence-electron chi connectivity index (χ2n) is 6.71. The minimum Gasteiger partial charge on any atom is -0.497 e. The summed E-state index contributed by atoms with van der Waals surface area (Å²) in [5, 5.41) is -0.0293. The molecule has 19 heavy (non-hydrogen) atoms. The lowest BCUT2D eigenvalue weighted by Gasteiger charge is -2.26. The van der Waals surface area contributed by atoms with E-state index in [0.29, 0.717) is 0 Å². The zero-order valence-electron chi connectivity index (χ0n) is 12.7. The fourth-order valence-corrected chi connectivity index (χ4v) is 2.29. The smallest absolute Gasteiger partial charge is 0.463 e. The van der Waals surface area contributed by atoms with Crippen molar-refractivity contribution in [2.45, 2.75) is 51.6 Å². The van der Waals surface area contributed by atoms with E-state index in [9.17, 15) is 0 Å². The second-order valence-corrected chi connectivity index (χ2v) is 6.71. The first kappa shape index (κ1) is 14.4. The van der Waals surface area contributed by atoms with Gasteiger partial charge in [0.25, 0.3) is 0 Å². The topological polar surface area (TPSA) is 27.7 Å². The van der Waals surface area contributed by atoms with E-state index in [1.54, 1.807) is 7.11 Å². The Balaban J connectivity index is 2.23. The molecule has 0 bridgehead atoms. The van der Waals surface area contributed by atoms with Gasteiger partial charge in [0.1, 0.15) is 5.75 Å². The van der Waals surface area contributed by atoms with Crippen LogP contribution in [-0.4, -0.2) is 19.8 Å². The monoisotopic (exact) mass is 262 g/mol. The van der Waals surface area contributed by atoms with E-state index < -0.39 is 0 Å². The van der Waals surface area contributed by atoms with Crippen LogP contribution in [0.15, 0.2) is 24.3 Å². The van der Waals surface area contributed by atoms with Gasteiger partial charge in [0, 0.05) is 0 Å². The molecule has 4 heteroatoms. The molecule has 1 fully saturated rings. The molecule has 1 saturated heterocycles. The molecule has 1 aliphatic rings. The van der Waals surface area contributed by atoms with E-state index in [1.165, 1.54) is 0 Å². The van der Waals surface area contributed by atoms with E-state index in [1.807, 2.05) is 24.3 Å². The summed E-state index contributed by atoms with van der Waals surface area (Å²) in [6.07, 6.45) is -0.0531. The van der Waals surface area contributed by atoms with Crippen LogP contribution < -0.4 is 4.74 Å². The highest BCUT2D eigenvalue weighted by atomic mass is 16.7. The van der Waals surface area contributed by atoms with Gasteiger partial charge in [0.2, 0.25) is 0 Å². The molecule has 0 spiro atoms. The first-order chi connectivity index (χ1) is 8.74. The molecule has 1 unspecified atom stereocenters. The predicted octanol–water partition coefficient (Wildman–Crippen LogP) is 3.85. The van der Waals surface area contributed by atoms with Gasteiger partial charge in [0.05, 0.1) is 18.8 Å². The second kappa shape index (κ2) is 4.84. The Morgan fingerprint density at radius 3 is 2.16 bits per heavy atom. The van der Waals surface area contributed by atoms with Gasteiger partial charge < -0.3 is 14.0 Å². The molecule has 1 aromatic rings. The summed E-state index contributed by atoms with van der Waals surface area (Å²) < 4.78 is 17.4. The summed E-state index contributed by atoms with van der Waals surface area (Å²) in [6.45, 7) is 10.5. The third-order valence-electron chi connectivity index (χ3n) is 3.43. The molecule has 1 atom stereocenters. The summed E-state index contributed by atoms with van der Waals surface area (Å²) >= 11 is 0. The van der Waals surface area contributed by atoms with Crippen LogP contribution in [0.4, 0.5) is 0 Å². The lowest BCUT2D eigenvalue weighted by atomic mass is 9.61.